The summed E-state index contributed by atoms with van der Waals surface area (Å²) in [5, 5.41) is 20.8. The minimum absolute atomic E-state index is 0.0511. The van der Waals surface area contributed by atoms with E-state index in [9.17, 15) is 15.0 Å². The van der Waals surface area contributed by atoms with Crippen LogP contribution in [0.1, 0.15) is 18.9 Å². The molecular formula is C19H26O7. The van der Waals surface area contributed by atoms with Crippen LogP contribution in [0.15, 0.2) is 43.0 Å². The van der Waals surface area contributed by atoms with Crippen molar-refractivity contribution in [3.8, 4) is 0 Å². The number of rotatable bonds is 9. The maximum atomic E-state index is 11.6. The minimum Gasteiger partial charge on any atom is -0.454 e. The number of carbonyl (C=O) groups is 1. The normalized spacial score (nSPS) is 28.5. The second-order valence-electron chi connectivity index (χ2n) is 5.95. The van der Waals surface area contributed by atoms with Gasteiger partial charge in [0.1, 0.15) is 18.3 Å². The first kappa shape index (κ1) is 20.5. The first-order valence-electron chi connectivity index (χ1n) is 8.62. The lowest BCUT2D eigenvalue weighted by Crippen LogP contribution is -2.60. The molecule has 1 aliphatic heterocycles. The highest BCUT2D eigenvalue weighted by molar-refractivity contribution is 5.69. The topological polar surface area (TPSA) is 94.5 Å². The predicted molar refractivity (Wildman–Crippen MR) is 93.1 cm³/mol. The van der Waals surface area contributed by atoms with Crippen molar-refractivity contribution >= 4 is 5.97 Å². The Kier molecular flexibility index (Phi) is 8.21. The zero-order valence-corrected chi connectivity index (χ0v) is 14.8. The highest BCUT2D eigenvalue weighted by Gasteiger charge is 2.47. The van der Waals surface area contributed by atoms with Gasteiger partial charge in [0.2, 0.25) is 0 Å². The molecule has 1 heterocycles. The number of esters is 1. The van der Waals surface area contributed by atoms with Gasteiger partial charge in [0, 0.05) is 6.42 Å². The van der Waals surface area contributed by atoms with Crippen molar-refractivity contribution in [3.63, 3.8) is 0 Å². The van der Waals surface area contributed by atoms with Crippen LogP contribution in [0.4, 0.5) is 0 Å². The number of aliphatic hydroxyl groups excluding tert-OH is 2. The number of ether oxygens (including phenoxy) is 4. The van der Waals surface area contributed by atoms with Crippen molar-refractivity contribution in [1.82, 2.24) is 0 Å². The fourth-order valence-corrected chi connectivity index (χ4v) is 2.64. The third-order valence-electron chi connectivity index (χ3n) is 3.99. The summed E-state index contributed by atoms with van der Waals surface area (Å²) in [7, 11) is 0. The molecule has 1 saturated heterocycles. The molecule has 1 fully saturated rings. The van der Waals surface area contributed by atoms with Gasteiger partial charge < -0.3 is 29.2 Å². The van der Waals surface area contributed by atoms with E-state index in [1.165, 1.54) is 6.08 Å². The van der Waals surface area contributed by atoms with Crippen molar-refractivity contribution in [2.24, 2.45) is 0 Å². The summed E-state index contributed by atoms with van der Waals surface area (Å²) in [6, 6.07) is 9.56. The van der Waals surface area contributed by atoms with E-state index < -0.39 is 36.7 Å². The van der Waals surface area contributed by atoms with Gasteiger partial charge in [0.15, 0.2) is 12.4 Å². The van der Waals surface area contributed by atoms with E-state index in [-0.39, 0.29) is 19.6 Å². The third-order valence-corrected chi connectivity index (χ3v) is 3.99. The smallest absolute Gasteiger partial charge is 0.306 e. The summed E-state index contributed by atoms with van der Waals surface area (Å²) in [5.41, 5.74) is 0.979. The number of hydrogen-bond donors (Lipinski definition) is 2. The Morgan fingerprint density at radius 3 is 2.65 bits per heavy atom. The SMILES string of the molecule is C=CCO[C@H]1[C@H](O)[C@H](COCc2ccccc2)O[C@@H](O)[C@H]1OC(=O)CC. The summed E-state index contributed by atoms with van der Waals surface area (Å²) in [6.07, 6.45) is -3.80. The Bertz CT molecular complexity index is 562. The molecule has 2 N–H and O–H groups in total. The van der Waals surface area contributed by atoms with Gasteiger partial charge in [-0.1, -0.05) is 43.3 Å². The zero-order chi connectivity index (χ0) is 18.9. The van der Waals surface area contributed by atoms with Crippen LogP contribution in [-0.2, 0) is 30.3 Å². The third kappa shape index (κ3) is 5.62. The minimum atomic E-state index is -1.42. The van der Waals surface area contributed by atoms with Gasteiger partial charge in [-0.3, -0.25) is 4.79 Å². The quantitative estimate of drug-likeness (QED) is 0.500. The van der Waals surface area contributed by atoms with Crippen LogP contribution < -0.4 is 0 Å². The van der Waals surface area contributed by atoms with Crippen LogP contribution in [0.25, 0.3) is 0 Å². The van der Waals surface area contributed by atoms with E-state index in [0.29, 0.717) is 6.61 Å². The first-order chi connectivity index (χ1) is 12.6. The van der Waals surface area contributed by atoms with Crippen LogP contribution in [-0.4, -0.2) is 60.1 Å². The molecule has 0 radical (unpaired) electrons. The highest BCUT2D eigenvalue weighted by Crippen LogP contribution is 2.26. The second-order valence-corrected chi connectivity index (χ2v) is 5.95. The monoisotopic (exact) mass is 366 g/mol. The zero-order valence-electron chi connectivity index (χ0n) is 14.8. The lowest BCUT2D eigenvalue weighted by molar-refractivity contribution is -0.298. The Morgan fingerprint density at radius 1 is 1.27 bits per heavy atom. The largest absolute Gasteiger partial charge is 0.454 e. The Hall–Kier alpha value is -1.77. The highest BCUT2D eigenvalue weighted by atomic mass is 16.7. The molecule has 1 aliphatic rings. The molecule has 0 bridgehead atoms. The van der Waals surface area contributed by atoms with Crippen LogP contribution in [0.2, 0.25) is 0 Å². The van der Waals surface area contributed by atoms with Gasteiger partial charge in [-0.05, 0) is 5.56 Å². The Labute approximate surface area is 153 Å². The summed E-state index contributed by atoms with van der Waals surface area (Å²) in [6.45, 7) is 5.72. The molecule has 0 saturated carbocycles. The van der Waals surface area contributed by atoms with E-state index in [4.69, 9.17) is 18.9 Å². The summed E-state index contributed by atoms with van der Waals surface area (Å²) in [5.74, 6) is -0.518. The summed E-state index contributed by atoms with van der Waals surface area (Å²) < 4.78 is 21.7. The molecule has 0 amide bonds. The fraction of sp³-hybridized carbons (Fsp3) is 0.526. The van der Waals surface area contributed by atoms with E-state index in [0.717, 1.165) is 5.56 Å². The number of aliphatic hydroxyl groups is 2. The molecule has 1 aromatic carbocycles. The molecule has 2 rings (SSSR count). The summed E-state index contributed by atoms with van der Waals surface area (Å²) in [4.78, 5) is 11.6. The molecule has 26 heavy (non-hydrogen) atoms. The average Bonchev–Trinajstić information content (AvgIpc) is 2.65. The molecule has 7 nitrogen and oxygen atoms in total. The van der Waals surface area contributed by atoms with E-state index in [1.807, 2.05) is 30.3 Å². The molecule has 1 aromatic rings. The van der Waals surface area contributed by atoms with Gasteiger partial charge in [0.05, 0.1) is 19.8 Å². The van der Waals surface area contributed by atoms with Crippen molar-refractivity contribution in [2.75, 3.05) is 13.2 Å². The molecule has 0 aromatic heterocycles. The van der Waals surface area contributed by atoms with Gasteiger partial charge in [-0.2, -0.15) is 0 Å². The molecular weight excluding hydrogens is 340 g/mol. The van der Waals surface area contributed by atoms with E-state index in [1.54, 1.807) is 6.92 Å². The van der Waals surface area contributed by atoms with Gasteiger partial charge in [-0.15, -0.1) is 6.58 Å². The number of benzene rings is 1. The molecule has 0 aliphatic carbocycles. The molecule has 7 heteroatoms. The van der Waals surface area contributed by atoms with E-state index in [2.05, 4.69) is 6.58 Å². The van der Waals surface area contributed by atoms with Crippen molar-refractivity contribution in [1.29, 1.82) is 0 Å². The average molecular weight is 366 g/mol. The maximum Gasteiger partial charge on any atom is 0.306 e. The van der Waals surface area contributed by atoms with Gasteiger partial charge in [0.25, 0.3) is 0 Å². The molecule has 0 unspecified atom stereocenters. The van der Waals surface area contributed by atoms with Crippen LogP contribution in [0, 0.1) is 0 Å². The molecule has 144 valence electrons. The van der Waals surface area contributed by atoms with Crippen molar-refractivity contribution in [2.45, 2.75) is 50.7 Å². The predicted octanol–water partition coefficient (Wildman–Crippen LogP) is 1.17. The van der Waals surface area contributed by atoms with Crippen molar-refractivity contribution in [3.05, 3.63) is 48.6 Å². The molecule has 5 atom stereocenters. The second kappa shape index (κ2) is 10.4. The number of carbonyl (C=O) groups excluding carboxylic acids is 1. The maximum absolute atomic E-state index is 11.6. The number of hydrogen-bond acceptors (Lipinski definition) is 7. The summed E-state index contributed by atoms with van der Waals surface area (Å²) >= 11 is 0. The van der Waals surface area contributed by atoms with Crippen LogP contribution >= 0.6 is 0 Å². The van der Waals surface area contributed by atoms with Crippen LogP contribution in [0.5, 0.6) is 0 Å². The lowest BCUT2D eigenvalue weighted by Gasteiger charge is -2.41. The lowest BCUT2D eigenvalue weighted by atomic mass is 9.98. The Balaban J connectivity index is 1.98. The van der Waals surface area contributed by atoms with Crippen LogP contribution in [0.3, 0.4) is 0 Å². The first-order valence-corrected chi connectivity index (χ1v) is 8.62. The standard InChI is InChI=1S/C19H26O7/c1-3-10-24-17-16(21)14(12-23-11-13-8-6-5-7-9-13)25-19(22)18(17)26-15(20)4-2/h3,5-9,14,16-19,21-22H,1,4,10-12H2,2H3/t14-,16+,17-,18-,19+/m0/s1. The van der Waals surface area contributed by atoms with Crippen molar-refractivity contribution < 1.29 is 34.0 Å². The van der Waals surface area contributed by atoms with Gasteiger partial charge >= 0.3 is 5.97 Å². The Morgan fingerprint density at radius 2 is 2.00 bits per heavy atom. The van der Waals surface area contributed by atoms with Gasteiger partial charge in [-0.25, -0.2) is 0 Å². The molecule has 0 spiro atoms. The van der Waals surface area contributed by atoms with E-state index >= 15 is 0 Å². The fourth-order valence-electron chi connectivity index (χ4n) is 2.64.